The number of halogens is 4. The Balaban J connectivity index is 2.48. The number of carbonyl (C=O) groups is 2. The number of anilines is 1. The van der Waals surface area contributed by atoms with Crippen LogP contribution < -0.4 is 9.62 Å². The number of hydrogen-bond acceptors (Lipinski definition) is 4. The predicted octanol–water partition coefficient (Wildman–Crippen LogP) is 4.76. The van der Waals surface area contributed by atoms with E-state index in [1.807, 2.05) is 13.8 Å². The summed E-state index contributed by atoms with van der Waals surface area (Å²) in [6, 6.07) is 6.17. The molecule has 0 saturated heterocycles. The van der Waals surface area contributed by atoms with Crippen LogP contribution >= 0.6 is 23.2 Å². The van der Waals surface area contributed by atoms with Crippen molar-refractivity contribution in [3.05, 3.63) is 63.6 Å². The van der Waals surface area contributed by atoms with Crippen LogP contribution in [0.3, 0.4) is 0 Å². The Morgan fingerprint density at radius 2 is 1.67 bits per heavy atom. The lowest BCUT2D eigenvalue weighted by molar-refractivity contribution is -0.140. The van der Waals surface area contributed by atoms with Gasteiger partial charge < -0.3 is 10.2 Å². The van der Waals surface area contributed by atoms with E-state index in [9.17, 15) is 26.8 Å². The third kappa shape index (κ3) is 7.78. The van der Waals surface area contributed by atoms with E-state index in [4.69, 9.17) is 23.2 Å². The topological polar surface area (TPSA) is 86.8 Å². The first-order chi connectivity index (χ1) is 16.8. The standard InChI is InChI=1S/C24H29Cl2F2N3O4S/c1-5-15(3)29-24(33)22(6-2)30(13-16-7-9-18(25)19(26)11-16)23(32)14-31(36(4,34)35)17-8-10-20(27)21(28)12-17/h7-12,15,22H,5-6,13-14H2,1-4H3,(H,29,33)/t15-,22-/m0/s1. The van der Waals surface area contributed by atoms with Gasteiger partial charge in [-0.1, -0.05) is 43.1 Å². The van der Waals surface area contributed by atoms with E-state index < -0.39 is 46.1 Å². The first kappa shape index (κ1) is 29.8. The van der Waals surface area contributed by atoms with Crippen molar-refractivity contribution in [3.63, 3.8) is 0 Å². The molecule has 36 heavy (non-hydrogen) atoms. The summed E-state index contributed by atoms with van der Waals surface area (Å²) in [5.41, 5.74) is 0.336. The monoisotopic (exact) mass is 563 g/mol. The molecule has 1 N–H and O–H groups in total. The average molecular weight is 564 g/mol. The van der Waals surface area contributed by atoms with E-state index in [2.05, 4.69) is 5.32 Å². The number of benzene rings is 2. The van der Waals surface area contributed by atoms with Crippen LogP contribution in [0.1, 0.15) is 39.2 Å². The van der Waals surface area contributed by atoms with Gasteiger partial charge in [-0.3, -0.25) is 13.9 Å². The van der Waals surface area contributed by atoms with Crippen LogP contribution in [0.25, 0.3) is 0 Å². The highest BCUT2D eigenvalue weighted by molar-refractivity contribution is 7.92. The van der Waals surface area contributed by atoms with E-state index >= 15 is 0 Å². The molecule has 0 aliphatic heterocycles. The van der Waals surface area contributed by atoms with Gasteiger partial charge in [0, 0.05) is 18.7 Å². The molecule has 198 valence electrons. The molecule has 12 heteroatoms. The van der Waals surface area contributed by atoms with Gasteiger partial charge in [0.2, 0.25) is 21.8 Å². The molecule has 0 aromatic heterocycles. The average Bonchev–Trinajstić information content (AvgIpc) is 2.80. The maximum atomic E-state index is 13.9. The van der Waals surface area contributed by atoms with Gasteiger partial charge in [-0.2, -0.15) is 0 Å². The fourth-order valence-corrected chi connectivity index (χ4v) is 4.61. The number of sulfonamides is 1. The van der Waals surface area contributed by atoms with Gasteiger partial charge in [0.05, 0.1) is 22.0 Å². The predicted molar refractivity (Wildman–Crippen MR) is 138 cm³/mol. The molecular weight excluding hydrogens is 535 g/mol. The van der Waals surface area contributed by atoms with Crippen molar-refractivity contribution in [2.45, 2.75) is 52.2 Å². The lowest BCUT2D eigenvalue weighted by Gasteiger charge is -2.33. The van der Waals surface area contributed by atoms with Crippen LogP contribution in [-0.2, 0) is 26.2 Å². The van der Waals surface area contributed by atoms with Crippen LogP contribution in [0, 0.1) is 11.6 Å². The molecule has 0 saturated carbocycles. The minimum Gasteiger partial charge on any atom is -0.352 e. The second-order valence-electron chi connectivity index (χ2n) is 8.38. The van der Waals surface area contributed by atoms with E-state index in [1.54, 1.807) is 25.1 Å². The first-order valence-corrected chi connectivity index (χ1v) is 13.8. The number of nitrogens with one attached hydrogen (secondary N) is 1. The molecule has 0 aliphatic rings. The number of hydrogen-bond donors (Lipinski definition) is 1. The Labute approximate surface area is 220 Å². The minimum atomic E-state index is -4.08. The van der Waals surface area contributed by atoms with Gasteiger partial charge in [0.25, 0.3) is 0 Å². The molecule has 0 aliphatic carbocycles. The number of rotatable bonds is 11. The van der Waals surface area contributed by atoms with Crippen LogP contribution in [0.4, 0.5) is 14.5 Å². The lowest BCUT2D eigenvalue weighted by atomic mass is 10.1. The third-order valence-electron chi connectivity index (χ3n) is 5.59. The molecule has 0 radical (unpaired) electrons. The van der Waals surface area contributed by atoms with E-state index in [0.717, 1.165) is 18.4 Å². The smallest absolute Gasteiger partial charge is 0.244 e. The van der Waals surface area contributed by atoms with Crippen LogP contribution in [0.2, 0.25) is 10.0 Å². The highest BCUT2D eigenvalue weighted by atomic mass is 35.5. The van der Waals surface area contributed by atoms with Gasteiger partial charge in [-0.05, 0) is 49.6 Å². The zero-order valence-corrected chi connectivity index (χ0v) is 22.7. The fourth-order valence-electron chi connectivity index (χ4n) is 3.45. The summed E-state index contributed by atoms with van der Waals surface area (Å²) >= 11 is 12.1. The molecule has 7 nitrogen and oxygen atoms in total. The van der Waals surface area contributed by atoms with Crippen molar-refractivity contribution < 1.29 is 26.8 Å². The third-order valence-corrected chi connectivity index (χ3v) is 7.47. The summed E-state index contributed by atoms with van der Waals surface area (Å²) in [6.45, 7) is 4.64. The normalized spacial score (nSPS) is 13.1. The summed E-state index contributed by atoms with van der Waals surface area (Å²) in [4.78, 5) is 27.9. The van der Waals surface area contributed by atoms with E-state index in [-0.39, 0.29) is 29.7 Å². The quantitative estimate of drug-likeness (QED) is 0.427. The summed E-state index contributed by atoms with van der Waals surface area (Å²) in [5.74, 6) is -3.55. The minimum absolute atomic E-state index is 0.0719. The van der Waals surface area contributed by atoms with Gasteiger partial charge >= 0.3 is 0 Å². The van der Waals surface area contributed by atoms with Gasteiger partial charge in [0.1, 0.15) is 12.6 Å². The van der Waals surface area contributed by atoms with Gasteiger partial charge in [-0.25, -0.2) is 17.2 Å². The molecule has 2 rings (SSSR count). The molecule has 0 fully saturated rings. The van der Waals surface area contributed by atoms with Gasteiger partial charge in [0.15, 0.2) is 11.6 Å². The highest BCUT2D eigenvalue weighted by Crippen LogP contribution is 2.25. The van der Waals surface area contributed by atoms with E-state index in [0.29, 0.717) is 27.4 Å². The van der Waals surface area contributed by atoms with Crippen molar-refractivity contribution in [2.24, 2.45) is 0 Å². The second-order valence-corrected chi connectivity index (χ2v) is 11.1. The molecule has 0 heterocycles. The maximum absolute atomic E-state index is 13.9. The Morgan fingerprint density at radius 3 is 2.19 bits per heavy atom. The molecule has 2 aromatic rings. The SMILES string of the molecule is CC[C@H](C)NC(=O)[C@H](CC)N(Cc1ccc(Cl)c(Cl)c1)C(=O)CN(c1ccc(F)c(F)c1)S(C)(=O)=O. The zero-order valence-electron chi connectivity index (χ0n) is 20.4. The molecule has 0 spiro atoms. The summed E-state index contributed by atoms with van der Waals surface area (Å²) in [6.07, 6.45) is 1.75. The summed E-state index contributed by atoms with van der Waals surface area (Å²) in [7, 11) is -4.08. The Hall–Kier alpha value is -2.43. The molecule has 2 aromatic carbocycles. The second kappa shape index (κ2) is 12.7. The zero-order chi connectivity index (χ0) is 27.2. The van der Waals surface area contributed by atoms with Crippen molar-refractivity contribution in [1.29, 1.82) is 0 Å². The molecule has 0 unspecified atom stereocenters. The van der Waals surface area contributed by atoms with Crippen molar-refractivity contribution in [1.82, 2.24) is 10.2 Å². The van der Waals surface area contributed by atoms with Crippen LogP contribution in [0.15, 0.2) is 36.4 Å². The Bertz CT molecular complexity index is 1210. The van der Waals surface area contributed by atoms with Gasteiger partial charge in [-0.15, -0.1) is 0 Å². The first-order valence-electron chi connectivity index (χ1n) is 11.2. The highest BCUT2D eigenvalue weighted by Gasteiger charge is 2.32. The number of nitrogens with zero attached hydrogens (tertiary/aromatic N) is 2. The van der Waals surface area contributed by atoms with Crippen LogP contribution in [0.5, 0.6) is 0 Å². The van der Waals surface area contributed by atoms with Crippen molar-refractivity contribution in [3.8, 4) is 0 Å². The number of amides is 2. The molecule has 2 amide bonds. The van der Waals surface area contributed by atoms with Crippen molar-refractivity contribution in [2.75, 3.05) is 17.1 Å². The van der Waals surface area contributed by atoms with Crippen LogP contribution in [-0.4, -0.2) is 50.0 Å². The Kier molecular flexibility index (Phi) is 10.5. The lowest BCUT2D eigenvalue weighted by Crippen LogP contribution is -2.53. The number of carbonyl (C=O) groups excluding carboxylic acids is 2. The maximum Gasteiger partial charge on any atom is 0.244 e. The van der Waals surface area contributed by atoms with E-state index in [1.165, 1.54) is 4.90 Å². The molecule has 0 bridgehead atoms. The Morgan fingerprint density at radius 1 is 1.00 bits per heavy atom. The van der Waals surface area contributed by atoms with Crippen molar-refractivity contribution >= 4 is 50.7 Å². The fraction of sp³-hybridized carbons (Fsp3) is 0.417. The summed E-state index contributed by atoms with van der Waals surface area (Å²) < 4.78 is 53.0. The largest absolute Gasteiger partial charge is 0.352 e. The molecular formula is C24H29Cl2F2N3O4S. The summed E-state index contributed by atoms with van der Waals surface area (Å²) in [5, 5.41) is 3.40. The molecule has 2 atom stereocenters.